The number of fused-ring (bicyclic) bond motifs is 1. The molecular formula is C18H23NO2. The lowest BCUT2D eigenvalue weighted by Crippen LogP contribution is -2.39. The minimum absolute atomic E-state index is 0.114. The molecule has 1 heterocycles. The molecule has 0 bridgehead atoms. The second kappa shape index (κ2) is 6.02. The summed E-state index contributed by atoms with van der Waals surface area (Å²) in [6.45, 7) is 4.50. The van der Waals surface area contributed by atoms with Crippen molar-refractivity contribution in [3.63, 3.8) is 0 Å². The van der Waals surface area contributed by atoms with Crippen LogP contribution in [0.5, 0.6) is 5.75 Å². The number of aromatic nitrogens is 1. The second-order valence-electron chi connectivity index (χ2n) is 6.37. The predicted octanol–water partition coefficient (Wildman–Crippen LogP) is 3.80. The van der Waals surface area contributed by atoms with Gasteiger partial charge in [-0.1, -0.05) is 19.9 Å². The highest BCUT2D eigenvalue weighted by molar-refractivity contribution is 5.84. The topological polar surface area (TPSA) is 42.4 Å². The fraction of sp³-hybridized carbons (Fsp3) is 0.500. The van der Waals surface area contributed by atoms with Crippen LogP contribution in [0.1, 0.15) is 33.1 Å². The molecule has 3 atom stereocenters. The Hall–Kier alpha value is -1.61. The molecule has 21 heavy (non-hydrogen) atoms. The summed E-state index contributed by atoms with van der Waals surface area (Å²) in [4.78, 5) is 4.35. The lowest BCUT2D eigenvalue weighted by atomic mass is 9.79. The Balaban J connectivity index is 1.83. The van der Waals surface area contributed by atoms with Gasteiger partial charge in [-0.2, -0.15) is 0 Å². The predicted molar refractivity (Wildman–Crippen MR) is 84.3 cm³/mol. The molecule has 1 aromatic carbocycles. The van der Waals surface area contributed by atoms with Crippen molar-refractivity contribution >= 4 is 10.9 Å². The summed E-state index contributed by atoms with van der Waals surface area (Å²) in [5.74, 6) is 2.10. The summed E-state index contributed by atoms with van der Waals surface area (Å²) in [5, 5.41) is 11.3. The average molecular weight is 285 g/mol. The number of hydrogen-bond acceptors (Lipinski definition) is 3. The Labute approximate surface area is 126 Å². The average Bonchev–Trinajstić information content (AvgIpc) is 2.49. The van der Waals surface area contributed by atoms with E-state index in [1.54, 1.807) is 6.20 Å². The van der Waals surface area contributed by atoms with Gasteiger partial charge >= 0.3 is 0 Å². The number of nitrogens with zero attached hydrogens (tertiary/aromatic N) is 1. The third-order valence-electron chi connectivity index (χ3n) is 4.62. The van der Waals surface area contributed by atoms with Crippen molar-refractivity contribution in [2.24, 2.45) is 11.8 Å². The van der Waals surface area contributed by atoms with Gasteiger partial charge in [0.25, 0.3) is 0 Å². The standard InChI is InChI=1S/C18H23NO2/c1-12(2)13-8-9-16(20)18(11-13)21-17-7-3-6-15-14(17)5-4-10-19-15/h3-7,10,12-13,16,18,20H,8-9,11H2,1-2H3. The van der Waals surface area contributed by atoms with E-state index in [4.69, 9.17) is 4.74 Å². The second-order valence-corrected chi connectivity index (χ2v) is 6.37. The molecule has 0 saturated heterocycles. The highest BCUT2D eigenvalue weighted by atomic mass is 16.5. The SMILES string of the molecule is CC(C)C1CCC(O)C(Oc2cccc3ncccc23)C1. The summed E-state index contributed by atoms with van der Waals surface area (Å²) in [5.41, 5.74) is 0.931. The maximum Gasteiger partial charge on any atom is 0.129 e. The van der Waals surface area contributed by atoms with Crippen LogP contribution in [0.2, 0.25) is 0 Å². The molecule has 112 valence electrons. The summed E-state index contributed by atoms with van der Waals surface area (Å²) in [7, 11) is 0. The van der Waals surface area contributed by atoms with Crippen LogP contribution in [-0.4, -0.2) is 22.3 Å². The van der Waals surface area contributed by atoms with Crippen LogP contribution >= 0.6 is 0 Å². The van der Waals surface area contributed by atoms with Gasteiger partial charge in [0.1, 0.15) is 11.9 Å². The Kier molecular flexibility index (Phi) is 4.11. The van der Waals surface area contributed by atoms with Crippen molar-refractivity contribution in [3.8, 4) is 5.75 Å². The molecule has 3 rings (SSSR count). The van der Waals surface area contributed by atoms with E-state index in [1.807, 2.05) is 30.3 Å². The molecule has 1 N–H and O–H groups in total. The van der Waals surface area contributed by atoms with E-state index < -0.39 is 0 Å². The lowest BCUT2D eigenvalue weighted by Gasteiger charge is -2.35. The van der Waals surface area contributed by atoms with Gasteiger partial charge in [-0.05, 0) is 55.4 Å². The van der Waals surface area contributed by atoms with Gasteiger partial charge in [0, 0.05) is 11.6 Å². The number of aliphatic hydroxyl groups excluding tert-OH is 1. The van der Waals surface area contributed by atoms with Gasteiger partial charge in [-0.15, -0.1) is 0 Å². The first-order valence-corrected chi connectivity index (χ1v) is 7.83. The van der Waals surface area contributed by atoms with Gasteiger partial charge in [-0.3, -0.25) is 4.98 Å². The zero-order chi connectivity index (χ0) is 14.8. The zero-order valence-corrected chi connectivity index (χ0v) is 12.7. The Morgan fingerprint density at radius 1 is 1.19 bits per heavy atom. The minimum Gasteiger partial charge on any atom is -0.487 e. The normalized spacial score (nSPS) is 26.2. The number of ether oxygens (including phenoxy) is 1. The quantitative estimate of drug-likeness (QED) is 0.932. The van der Waals surface area contributed by atoms with Crippen molar-refractivity contribution in [2.75, 3.05) is 0 Å². The van der Waals surface area contributed by atoms with Gasteiger partial charge in [0.05, 0.1) is 11.6 Å². The molecule has 0 radical (unpaired) electrons. The molecule has 0 aliphatic heterocycles. The Morgan fingerprint density at radius 3 is 2.86 bits per heavy atom. The van der Waals surface area contributed by atoms with Crippen LogP contribution in [0.4, 0.5) is 0 Å². The van der Waals surface area contributed by atoms with Crippen molar-refractivity contribution in [3.05, 3.63) is 36.5 Å². The summed E-state index contributed by atoms with van der Waals surface area (Å²) >= 11 is 0. The highest BCUT2D eigenvalue weighted by Gasteiger charge is 2.32. The summed E-state index contributed by atoms with van der Waals surface area (Å²) in [6, 6.07) is 9.85. The van der Waals surface area contributed by atoms with E-state index in [-0.39, 0.29) is 12.2 Å². The van der Waals surface area contributed by atoms with E-state index in [0.29, 0.717) is 11.8 Å². The first-order valence-electron chi connectivity index (χ1n) is 7.83. The van der Waals surface area contributed by atoms with Crippen molar-refractivity contribution in [1.82, 2.24) is 4.98 Å². The molecule has 3 unspecified atom stereocenters. The zero-order valence-electron chi connectivity index (χ0n) is 12.7. The van der Waals surface area contributed by atoms with Gasteiger partial charge in [-0.25, -0.2) is 0 Å². The van der Waals surface area contributed by atoms with E-state index in [1.165, 1.54) is 0 Å². The van der Waals surface area contributed by atoms with Gasteiger partial charge < -0.3 is 9.84 Å². The Morgan fingerprint density at radius 2 is 2.05 bits per heavy atom. The summed E-state index contributed by atoms with van der Waals surface area (Å²) in [6.07, 6.45) is 4.15. The van der Waals surface area contributed by atoms with E-state index >= 15 is 0 Å². The monoisotopic (exact) mass is 285 g/mol. The number of hydrogen-bond donors (Lipinski definition) is 1. The van der Waals surface area contributed by atoms with Crippen LogP contribution in [0, 0.1) is 11.8 Å². The fourth-order valence-electron chi connectivity index (χ4n) is 3.22. The smallest absolute Gasteiger partial charge is 0.129 e. The highest BCUT2D eigenvalue weighted by Crippen LogP contribution is 2.34. The number of pyridine rings is 1. The molecule has 3 heteroatoms. The summed E-state index contributed by atoms with van der Waals surface area (Å²) < 4.78 is 6.17. The molecule has 0 spiro atoms. The number of benzene rings is 1. The molecule has 1 aromatic heterocycles. The molecule has 0 amide bonds. The molecule has 3 nitrogen and oxygen atoms in total. The first-order chi connectivity index (χ1) is 10.1. The first kappa shape index (κ1) is 14.3. The maximum absolute atomic E-state index is 10.3. The van der Waals surface area contributed by atoms with E-state index in [0.717, 1.165) is 35.9 Å². The largest absolute Gasteiger partial charge is 0.487 e. The molecule has 1 saturated carbocycles. The van der Waals surface area contributed by atoms with Crippen LogP contribution in [0.15, 0.2) is 36.5 Å². The molecular weight excluding hydrogens is 262 g/mol. The van der Waals surface area contributed by atoms with Crippen LogP contribution in [0.3, 0.4) is 0 Å². The van der Waals surface area contributed by atoms with Crippen molar-refractivity contribution < 1.29 is 9.84 Å². The van der Waals surface area contributed by atoms with Crippen LogP contribution in [-0.2, 0) is 0 Å². The minimum atomic E-state index is -0.369. The number of aliphatic hydroxyl groups is 1. The van der Waals surface area contributed by atoms with E-state index in [9.17, 15) is 5.11 Å². The maximum atomic E-state index is 10.3. The van der Waals surface area contributed by atoms with Crippen molar-refractivity contribution in [1.29, 1.82) is 0 Å². The van der Waals surface area contributed by atoms with Crippen molar-refractivity contribution in [2.45, 2.75) is 45.3 Å². The molecule has 1 fully saturated rings. The van der Waals surface area contributed by atoms with Gasteiger partial charge in [0.15, 0.2) is 0 Å². The van der Waals surface area contributed by atoms with Crippen LogP contribution < -0.4 is 4.74 Å². The van der Waals surface area contributed by atoms with Crippen LogP contribution in [0.25, 0.3) is 10.9 Å². The third-order valence-corrected chi connectivity index (χ3v) is 4.62. The van der Waals surface area contributed by atoms with E-state index in [2.05, 4.69) is 18.8 Å². The Bertz CT molecular complexity index is 606. The third kappa shape index (κ3) is 3.03. The molecule has 1 aliphatic rings. The molecule has 2 aromatic rings. The van der Waals surface area contributed by atoms with Gasteiger partial charge in [0.2, 0.25) is 0 Å². The number of rotatable bonds is 3. The fourth-order valence-corrected chi connectivity index (χ4v) is 3.22. The lowest BCUT2D eigenvalue weighted by molar-refractivity contribution is -0.0169. The molecule has 1 aliphatic carbocycles.